The highest BCUT2D eigenvalue weighted by molar-refractivity contribution is 7.22. The summed E-state index contributed by atoms with van der Waals surface area (Å²) in [5, 5.41) is 3.36. The Hall–Kier alpha value is -5.13. The summed E-state index contributed by atoms with van der Waals surface area (Å²) in [6, 6.07) is 43.6. The molecule has 8 aromatic rings. The zero-order valence-electron chi connectivity index (χ0n) is 21.3. The minimum Gasteiger partial charge on any atom is -0.456 e. The van der Waals surface area contributed by atoms with Gasteiger partial charge >= 0.3 is 0 Å². The Bertz CT molecular complexity index is 2130. The summed E-state index contributed by atoms with van der Waals surface area (Å²) in [7, 11) is 0. The van der Waals surface area contributed by atoms with E-state index < -0.39 is 0 Å². The molecule has 188 valence electrons. The number of rotatable bonds is 4. The van der Waals surface area contributed by atoms with E-state index in [4.69, 9.17) is 19.4 Å². The summed E-state index contributed by atoms with van der Waals surface area (Å²) in [5.41, 5.74) is 5.84. The van der Waals surface area contributed by atoms with Crippen LogP contribution in [0.5, 0.6) is 0 Å². The molecule has 0 aliphatic carbocycles. The molecule has 0 aliphatic rings. The van der Waals surface area contributed by atoms with E-state index >= 15 is 0 Å². The van der Waals surface area contributed by atoms with Gasteiger partial charge in [-0.15, -0.1) is 11.3 Å². The lowest BCUT2D eigenvalue weighted by atomic mass is 10.0. The van der Waals surface area contributed by atoms with Crippen molar-refractivity contribution in [2.24, 2.45) is 0 Å². The van der Waals surface area contributed by atoms with Gasteiger partial charge in [-0.2, -0.15) is 0 Å². The number of nitrogens with zero attached hydrogens (tertiary/aromatic N) is 3. The van der Waals surface area contributed by atoms with Crippen LogP contribution in [0.3, 0.4) is 0 Å². The van der Waals surface area contributed by atoms with Crippen LogP contribution in [0, 0.1) is 0 Å². The molecule has 0 bridgehead atoms. The van der Waals surface area contributed by atoms with Gasteiger partial charge in [0, 0.05) is 26.6 Å². The Morgan fingerprint density at radius 1 is 0.450 bits per heavy atom. The molecule has 0 amide bonds. The van der Waals surface area contributed by atoms with Crippen LogP contribution in [0.4, 0.5) is 0 Å². The zero-order valence-corrected chi connectivity index (χ0v) is 22.1. The first-order chi connectivity index (χ1) is 19.8. The van der Waals surface area contributed by atoms with E-state index in [1.165, 1.54) is 15.6 Å². The highest BCUT2D eigenvalue weighted by Crippen LogP contribution is 2.35. The van der Waals surface area contributed by atoms with E-state index in [1.54, 1.807) is 11.3 Å². The maximum absolute atomic E-state index is 6.17. The standard InChI is InChI=1S/C35H21N3OS/c1-2-8-22(9-3-1)23-14-16-24(17-15-23)33-36-34(38-35(37-33)32-21-25-10-4-7-13-31(25)40-32)26-18-19-28-27-11-5-6-12-29(27)39-30(28)20-26/h1-21H. The third-order valence-electron chi connectivity index (χ3n) is 7.17. The molecule has 8 rings (SSSR count). The fourth-order valence-electron chi connectivity index (χ4n) is 5.14. The Kier molecular flexibility index (Phi) is 5.28. The summed E-state index contributed by atoms with van der Waals surface area (Å²) in [6.45, 7) is 0. The minimum atomic E-state index is 0.618. The lowest BCUT2D eigenvalue weighted by molar-refractivity contribution is 0.669. The summed E-state index contributed by atoms with van der Waals surface area (Å²) in [6.07, 6.45) is 0. The number of benzene rings is 5. The maximum atomic E-state index is 6.17. The molecule has 0 fully saturated rings. The van der Waals surface area contributed by atoms with Gasteiger partial charge in [-0.1, -0.05) is 97.1 Å². The van der Waals surface area contributed by atoms with E-state index in [1.807, 2.05) is 30.3 Å². The van der Waals surface area contributed by atoms with E-state index in [2.05, 4.69) is 97.1 Å². The summed E-state index contributed by atoms with van der Waals surface area (Å²) in [5.74, 6) is 1.92. The van der Waals surface area contributed by atoms with Crippen LogP contribution in [0.25, 0.3) is 76.6 Å². The van der Waals surface area contributed by atoms with E-state index in [9.17, 15) is 0 Å². The lowest BCUT2D eigenvalue weighted by Crippen LogP contribution is -1.99. The second-order valence-corrected chi connectivity index (χ2v) is 10.8. The van der Waals surface area contributed by atoms with Gasteiger partial charge in [-0.05, 0) is 46.8 Å². The molecule has 0 radical (unpaired) electrons. The molecule has 3 aromatic heterocycles. The average molecular weight is 532 g/mol. The predicted octanol–water partition coefficient (Wildman–Crippen LogP) is 9.65. The van der Waals surface area contributed by atoms with Crippen LogP contribution in [-0.4, -0.2) is 15.0 Å². The number of aromatic nitrogens is 3. The topological polar surface area (TPSA) is 51.8 Å². The molecule has 0 atom stereocenters. The second-order valence-electron chi connectivity index (χ2n) is 9.71. The van der Waals surface area contributed by atoms with Gasteiger partial charge in [0.1, 0.15) is 11.2 Å². The molecular formula is C35H21N3OS. The quantitative estimate of drug-likeness (QED) is 0.227. The number of para-hydroxylation sites is 1. The zero-order chi connectivity index (χ0) is 26.5. The predicted molar refractivity (Wildman–Crippen MR) is 164 cm³/mol. The van der Waals surface area contributed by atoms with Gasteiger partial charge in [-0.25, -0.2) is 15.0 Å². The molecule has 40 heavy (non-hydrogen) atoms. The first-order valence-electron chi connectivity index (χ1n) is 13.1. The Morgan fingerprint density at radius 3 is 1.93 bits per heavy atom. The highest BCUT2D eigenvalue weighted by atomic mass is 32.1. The van der Waals surface area contributed by atoms with Gasteiger partial charge < -0.3 is 4.42 Å². The fraction of sp³-hybridized carbons (Fsp3) is 0. The molecule has 3 heterocycles. The van der Waals surface area contributed by atoms with Crippen molar-refractivity contribution in [3.05, 3.63) is 127 Å². The van der Waals surface area contributed by atoms with Crippen LogP contribution in [0.1, 0.15) is 0 Å². The molecule has 5 heteroatoms. The Labute approximate surface area is 234 Å². The van der Waals surface area contributed by atoms with Gasteiger partial charge in [0.05, 0.1) is 4.88 Å². The Morgan fingerprint density at radius 2 is 1.07 bits per heavy atom. The summed E-state index contributed by atoms with van der Waals surface area (Å²) in [4.78, 5) is 15.9. The number of furan rings is 1. The molecule has 0 saturated heterocycles. The molecule has 0 aliphatic heterocycles. The lowest BCUT2D eigenvalue weighted by Gasteiger charge is -2.08. The van der Waals surface area contributed by atoms with Crippen molar-refractivity contribution in [2.45, 2.75) is 0 Å². The monoisotopic (exact) mass is 531 g/mol. The van der Waals surface area contributed by atoms with Gasteiger partial charge in [0.2, 0.25) is 0 Å². The van der Waals surface area contributed by atoms with Crippen LogP contribution >= 0.6 is 11.3 Å². The maximum Gasteiger partial charge on any atom is 0.174 e. The van der Waals surface area contributed by atoms with Crippen molar-refractivity contribution in [1.82, 2.24) is 15.0 Å². The average Bonchev–Trinajstić information content (AvgIpc) is 3.63. The second kappa shape index (κ2) is 9.26. The Balaban J connectivity index is 1.28. The van der Waals surface area contributed by atoms with E-state index in [-0.39, 0.29) is 0 Å². The molecule has 0 saturated carbocycles. The van der Waals surface area contributed by atoms with Gasteiger partial charge in [0.15, 0.2) is 17.5 Å². The minimum absolute atomic E-state index is 0.618. The number of hydrogen-bond acceptors (Lipinski definition) is 5. The molecule has 0 spiro atoms. The van der Waals surface area contributed by atoms with Crippen molar-refractivity contribution >= 4 is 43.4 Å². The number of hydrogen-bond donors (Lipinski definition) is 0. The molecule has 5 aromatic carbocycles. The van der Waals surface area contributed by atoms with Crippen LogP contribution in [0.2, 0.25) is 0 Å². The van der Waals surface area contributed by atoms with Crippen molar-refractivity contribution in [1.29, 1.82) is 0 Å². The highest BCUT2D eigenvalue weighted by Gasteiger charge is 2.16. The van der Waals surface area contributed by atoms with Crippen LogP contribution < -0.4 is 0 Å². The van der Waals surface area contributed by atoms with E-state index in [0.29, 0.717) is 17.5 Å². The summed E-state index contributed by atoms with van der Waals surface area (Å²) >= 11 is 1.69. The molecular weight excluding hydrogens is 510 g/mol. The first kappa shape index (κ1) is 22.8. The van der Waals surface area contributed by atoms with Crippen molar-refractivity contribution in [3.8, 4) is 44.6 Å². The van der Waals surface area contributed by atoms with Gasteiger partial charge in [-0.3, -0.25) is 0 Å². The number of fused-ring (bicyclic) bond motifs is 4. The van der Waals surface area contributed by atoms with Gasteiger partial charge in [0.25, 0.3) is 0 Å². The third-order valence-corrected chi connectivity index (χ3v) is 8.28. The van der Waals surface area contributed by atoms with Crippen LogP contribution in [-0.2, 0) is 0 Å². The largest absolute Gasteiger partial charge is 0.456 e. The molecule has 0 N–H and O–H groups in total. The SMILES string of the molecule is c1ccc(-c2ccc(-c3nc(-c4ccc5c(c4)oc4ccccc45)nc(-c4cc5ccccc5s4)n3)cc2)cc1. The smallest absolute Gasteiger partial charge is 0.174 e. The van der Waals surface area contributed by atoms with E-state index in [0.717, 1.165) is 43.5 Å². The van der Waals surface area contributed by atoms with Crippen molar-refractivity contribution in [3.63, 3.8) is 0 Å². The van der Waals surface area contributed by atoms with Crippen LogP contribution in [0.15, 0.2) is 132 Å². The summed E-state index contributed by atoms with van der Waals surface area (Å²) < 4.78 is 7.38. The van der Waals surface area contributed by atoms with Crippen molar-refractivity contribution < 1.29 is 4.42 Å². The first-order valence-corrected chi connectivity index (χ1v) is 13.9. The fourth-order valence-corrected chi connectivity index (χ4v) is 6.14. The van der Waals surface area contributed by atoms with Crippen molar-refractivity contribution in [2.75, 3.05) is 0 Å². The number of thiophene rings is 1. The third kappa shape index (κ3) is 3.96. The molecule has 4 nitrogen and oxygen atoms in total. The normalized spacial score (nSPS) is 11.5. The molecule has 0 unspecified atom stereocenters.